The summed E-state index contributed by atoms with van der Waals surface area (Å²) in [7, 11) is 0. The molecule has 2 unspecified atom stereocenters. The molecular formula is C22H25ClO7. The number of ether oxygens (including phenoxy) is 3. The van der Waals surface area contributed by atoms with Gasteiger partial charge < -0.3 is 34.6 Å². The van der Waals surface area contributed by atoms with Crippen molar-refractivity contribution in [2.75, 3.05) is 19.8 Å². The third-order valence-electron chi connectivity index (χ3n) is 5.81. The van der Waals surface area contributed by atoms with Crippen LogP contribution in [0.2, 0.25) is 5.02 Å². The minimum atomic E-state index is -1.71. The van der Waals surface area contributed by atoms with Crippen LogP contribution in [-0.2, 0) is 21.7 Å². The number of aliphatic hydroxyl groups excluding tert-OH is 4. The maximum absolute atomic E-state index is 10.7. The maximum atomic E-state index is 10.7. The summed E-state index contributed by atoms with van der Waals surface area (Å²) in [5.74, 6) is -0.925. The van der Waals surface area contributed by atoms with E-state index in [1.165, 1.54) is 0 Å². The van der Waals surface area contributed by atoms with Gasteiger partial charge in [0.05, 0.1) is 19.8 Å². The molecule has 2 bridgehead atoms. The quantitative estimate of drug-likeness (QED) is 0.541. The summed E-state index contributed by atoms with van der Waals surface area (Å²) in [6.45, 7) is 1.78. The molecule has 30 heavy (non-hydrogen) atoms. The number of rotatable bonds is 6. The standard InChI is InChI=1S/C22H25ClO7/c1-2-28-16-6-3-13(4-7-16)9-14-10-15(5-8-17(14)23)22-20(27)18(25)19(26)21(11-24,30-22)12-29-22/h3-8,10,18-20,24-27H,2,9,11-12H2,1H3/t18?,19-,20?,21-,22-/m0/s1. The Morgan fingerprint density at radius 1 is 1.10 bits per heavy atom. The van der Waals surface area contributed by atoms with Gasteiger partial charge in [0.15, 0.2) is 0 Å². The number of hydrogen-bond acceptors (Lipinski definition) is 7. The Morgan fingerprint density at radius 3 is 2.50 bits per heavy atom. The molecule has 2 heterocycles. The molecule has 0 radical (unpaired) electrons. The Hall–Kier alpha value is -1.71. The van der Waals surface area contributed by atoms with Gasteiger partial charge in [0.1, 0.15) is 29.7 Å². The number of aliphatic hydroxyl groups is 4. The molecule has 0 aromatic heterocycles. The number of halogens is 1. The first-order chi connectivity index (χ1) is 14.3. The molecule has 5 atom stereocenters. The zero-order valence-corrected chi connectivity index (χ0v) is 17.2. The van der Waals surface area contributed by atoms with Crippen molar-refractivity contribution in [3.8, 4) is 5.75 Å². The van der Waals surface area contributed by atoms with Crippen LogP contribution in [0.25, 0.3) is 0 Å². The van der Waals surface area contributed by atoms with E-state index in [4.69, 9.17) is 25.8 Å². The Balaban J connectivity index is 1.66. The normalized spacial score (nSPS) is 32.9. The number of fused-ring (bicyclic) bond motifs is 2. The van der Waals surface area contributed by atoms with Crippen LogP contribution in [-0.4, -0.2) is 64.2 Å². The minimum Gasteiger partial charge on any atom is -0.494 e. The highest BCUT2D eigenvalue weighted by atomic mass is 35.5. The lowest BCUT2D eigenvalue weighted by atomic mass is 9.83. The van der Waals surface area contributed by atoms with Gasteiger partial charge in [-0.2, -0.15) is 0 Å². The summed E-state index contributed by atoms with van der Waals surface area (Å²) in [5, 5.41) is 41.7. The summed E-state index contributed by atoms with van der Waals surface area (Å²) in [4.78, 5) is 0. The fraction of sp³-hybridized carbons (Fsp3) is 0.455. The first kappa shape index (κ1) is 21.5. The van der Waals surface area contributed by atoms with Gasteiger partial charge in [-0.05, 0) is 48.7 Å². The van der Waals surface area contributed by atoms with Crippen molar-refractivity contribution in [3.63, 3.8) is 0 Å². The minimum absolute atomic E-state index is 0.171. The molecule has 0 saturated carbocycles. The summed E-state index contributed by atoms with van der Waals surface area (Å²) in [6, 6.07) is 12.7. The Morgan fingerprint density at radius 2 is 1.83 bits per heavy atom. The van der Waals surface area contributed by atoms with E-state index in [0.29, 0.717) is 23.6 Å². The Labute approximate surface area is 179 Å². The van der Waals surface area contributed by atoms with Crippen molar-refractivity contribution in [1.82, 2.24) is 0 Å². The van der Waals surface area contributed by atoms with Crippen LogP contribution in [0.1, 0.15) is 23.6 Å². The van der Waals surface area contributed by atoms with Crippen molar-refractivity contribution in [2.45, 2.75) is 43.0 Å². The molecule has 4 N–H and O–H groups in total. The molecule has 2 saturated heterocycles. The van der Waals surface area contributed by atoms with Crippen LogP contribution in [0.5, 0.6) is 5.75 Å². The van der Waals surface area contributed by atoms with Gasteiger partial charge in [-0.25, -0.2) is 0 Å². The predicted molar refractivity (Wildman–Crippen MR) is 108 cm³/mol. The van der Waals surface area contributed by atoms with Crippen LogP contribution >= 0.6 is 11.6 Å². The van der Waals surface area contributed by atoms with Crippen LogP contribution in [0, 0.1) is 0 Å². The van der Waals surface area contributed by atoms with Crippen LogP contribution < -0.4 is 4.74 Å². The second-order valence-electron chi connectivity index (χ2n) is 7.72. The topological polar surface area (TPSA) is 109 Å². The molecule has 2 fully saturated rings. The lowest BCUT2D eigenvalue weighted by molar-refractivity contribution is -0.329. The zero-order chi connectivity index (χ0) is 21.5. The Bertz CT molecular complexity index is 905. The average molecular weight is 437 g/mol. The van der Waals surface area contributed by atoms with E-state index < -0.39 is 36.3 Å². The van der Waals surface area contributed by atoms with Crippen LogP contribution in [0.15, 0.2) is 42.5 Å². The van der Waals surface area contributed by atoms with Gasteiger partial charge in [0.2, 0.25) is 5.79 Å². The first-order valence-corrected chi connectivity index (χ1v) is 10.2. The van der Waals surface area contributed by atoms with Gasteiger partial charge in [-0.1, -0.05) is 29.8 Å². The van der Waals surface area contributed by atoms with Crippen molar-refractivity contribution in [2.24, 2.45) is 0 Å². The average Bonchev–Trinajstić information content (AvgIpc) is 3.14. The van der Waals surface area contributed by atoms with E-state index in [9.17, 15) is 20.4 Å². The molecule has 4 rings (SSSR count). The highest BCUT2D eigenvalue weighted by molar-refractivity contribution is 6.31. The monoisotopic (exact) mass is 436 g/mol. The van der Waals surface area contributed by atoms with Crippen LogP contribution in [0.4, 0.5) is 0 Å². The molecule has 162 valence electrons. The molecule has 2 aliphatic rings. The van der Waals surface area contributed by atoms with Gasteiger partial charge in [-0.15, -0.1) is 0 Å². The van der Waals surface area contributed by atoms with Crippen LogP contribution in [0.3, 0.4) is 0 Å². The van der Waals surface area contributed by atoms with E-state index in [2.05, 4.69) is 0 Å². The van der Waals surface area contributed by atoms with E-state index in [1.807, 2.05) is 31.2 Å². The molecule has 2 aromatic carbocycles. The molecule has 0 spiro atoms. The Kier molecular flexibility index (Phi) is 5.80. The fourth-order valence-electron chi connectivity index (χ4n) is 4.09. The van der Waals surface area contributed by atoms with Crippen molar-refractivity contribution in [1.29, 1.82) is 0 Å². The predicted octanol–water partition coefficient (Wildman–Crippen LogP) is 1.36. The largest absolute Gasteiger partial charge is 0.494 e. The van der Waals surface area contributed by atoms with Gasteiger partial charge in [0, 0.05) is 10.6 Å². The number of benzene rings is 2. The lowest BCUT2D eigenvalue weighted by Crippen LogP contribution is -2.65. The summed E-state index contributed by atoms with van der Waals surface area (Å²) in [6.07, 6.45) is -4.06. The van der Waals surface area contributed by atoms with Gasteiger partial charge in [0.25, 0.3) is 0 Å². The fourth-order valence-corrected chi connectivity index (χ4v) is 4.28. The third-order valence-corrected chi connectivity index (χ3v) is 6.17. The van der Waals surface area contributed by atoms with Gasteiger partial charge in [-0.3, -0.25) is 0 Å². The molecule has 8 heteroatoms. The second-order valence-corrected chi connectivity index (χ2v) is 8.13. The highest BCUT2D eigenvalue weighted by Gasteiger charge is 2.67. The third kappa shape index (κ3) is 3.40. The SMILES string of the molecule is CCOc1ccc(Cc2cc([C@]34OC[C@](CO)(O3)[C@@H](O)C(O)C4O)ccc2Cl)cc1. The number of hydrogen-bond donors (Lipinski definition) is 4. The van der Waals surface area contributed by atoms with E-state index in [-0.39, 0.29) is 6.61 Å². The maximum Gasteiger partial charge on any atom is 0.225 e. The van der Waals surface area contributed by atoms with E-state index in [1.54, 1.807) is 18.2 Å². The molecule has 2 aliphatic heterocycles. The molecular weight excluding hydrogens is 412 g/mol. The second kappa shape index (κ2) is 8.09. The lowest BCUT2D eigenvalue weighted by Gasteiger charge is -2.46. The van der Waals surface area contributed by atoms with Crippen molar-refractivity contribution >= 4 is 11.6 Å². The highest BCUT2D eigenvalue weighted by Crippen LogP contribution is 2.49. The van der Waals surface area contributed by atoms with Gasteiger partial charge >= 0.3 is 0 Å². The molecule has 2 aromatic rings. The summed E-state index contributed by atoms with van der Waals surface area (Å²) in [5.41, 5.74) is 0.719. The smallest absolute Gasteiger partial charge is 0.225 e. The summed E-state index contributed by atoms with van der Waals surface area (Å²) < 4.78 is 17.1. The van der Waals surface area contributed by atoms with Crippen molar-refractivity contribution < 1.29 is 34.6 Å². The van der Waals surface area contributed by atoms with Crippen molar-refractivity contribution in [3.05, 3.63) is 64.2 Å². The summed E-state index contributed by atoms with van der Waals surface area (Å²) >= 11 is 6.41. The van der Waals surface area contributed by atoms with E-state index in [0.717, 1.165) is 16.9 Å². The zero-order valence-electron chi connectivity index (χ0n) is 16.5. The van der Waals surface area contributed by atoms with E-state index >= 15 is 0 Å². The molecule has 0 aliphatic carbocycles. The molecule has 0 amide bonds. The first-order valence-electron chi connectivity index (χ1n) is 9.85. The molecule has 7 nitrogen and oxygen atoms in total.